The molecule has 0 amide bonds. The Hall–Kier alpha value is -0.690. The molecule has 3 fully saturated rings. The molecule has 1 heterocycles. The predicted molar refractivity (Wildman–Crippen MR) is 138 cm³/mol. The number of alkyl halides is 6. The Morgan fingerprint density at radius 1 is 1.05 bits per heavy atom. The van der Waals surface area contributed by atoms with Crippen molar-refractivity contribution in [3.05, 3.63) is 28.4 Å². The van der Waals surface area contributed by atoms with E-state index in [9.17, 15) is 53.7 Å². The Labute approximate surface area is 256 Å². The van der Waals surface area contributed by atoms with Gasteiger partial charge >= 0.3 is 35.9 Å². The van der Waals surface area contributed by atoms with Crippen LogP contribution in [-0.2, 0) is 33.9 Å². The second-order valence-corrected chi connectivity index (χ2v) is 14.0. The molecule has 2 aliphatic carbocycles. The van der Waals surface area contributed by atoms with E-state index < -0.39 is 87.6 Å². The van der Waals surface area contributed by atoms with Crippen molar-refractivity contribution >= 4 is 95.8 Å². The van der Waals surface area contributed by atoms with Crippen LogP contribution in [0.5, 0.6) is 0 Å². The maximum absolute atomic E-state index is 13.7. The number of rotatable bonds is 6. The Morgan fingerprint density at radius 2 is 1.64 bits per heavy atom. The highest BCUT2D eigenvalue weighted by atomic mass is 127. The van der Waals surface area contributed by atoms with Gasteiger partial charge in [-0.3, -0.25) is 9.59 Å². The van der Waals surface area contributed by atoms with E-state index in [0.29, 0.717) is 10.7 Å². The molecule has 1 aliphatic heterocycles. The van der Waals surface area contributed by atoms with Crippen LogP contribution < -0.4 is 0 Å². The van der Waals surface area contributed by atoms with Crippen molar-refractivity contribution in [2.45, 2.75) is 36.6 Å². The molecule has 2 saturated carbocycles. The van der Waals surface area contributed by atoms with Crippen molar-refractivity contribution in [1.82, 2.24) is 0 Å². The lowest BCUT2D eigenvalue weighted by atomic mass is 9.78. The Bertz CT molecular complexity index is 1340. The third kappa shape index (κ3) is 5.46. The van der Waals surface area contributed by atoms with Crippen molar-refractivity contribution in [2.24, 2.45) is 23.7 Å². The van der Waals surface area contributed by atoms with Crippen LogP contribution in [0.15, 0.2) is 12.1 Å². The van der Waals surface area contributed by atoms with Crippen LogP contribution >= 0.6 is 67.8 Å². The molecule has 4 rings (SSSR count). The lowest BCUT2D eigenvalue weighted by Crippen LogP contribution is -2.64. The first-order valence-corrected chi connectivity index (χ1v) is 15.4. The highest BCUT2D eigenvalue weighted by molar-refractivity contribution is 14.1. The number of esters is 3. The van der Waals surface area contributed by atoms with E-state index in [1.807, 2.05) is 67.8 Å². The molecule has 0 spiro atoms. The summed E-state index contributed by atoms with van der Waals surface area (Å²) in [6.45, 7) is 0. The fraction of sp³-hybridized carbons (Fsp3) is 0.550. The highest BCUT2D eigenvalue weighted by Gasteiger charge is 2.77. The van der Waals surface area contributed by atoms with Gasteiger partial charge in [-0.15, -0.1) is 0 Å². The maximum atomic E-state index is 13.7. The van der Waals surface area contributed by atoms with Crippen molar-refractivity contribution in [3.8, 4) is 0 Å². The molecule has 39 heavy (non-hydrogen) atoms. The smallest absolute Gasteiger partial charge is 0.438 e. The summed E-state index contributed by atoms with van der Waals surface area (Å²) < 4.78 is 132. The summed E-state index contributed by atoms with van der Waals surface area (Å²) >= 11 is 5.76. The minimum absolute atomic E-state index is 0.0866. The Morgan fingerprint density at radius 3 is 2.18 bits per heavy atom. The molecule has 1 aromatic rings. The van der Waals surface area contributed by atoms with Crippen LogP contribution in [0.4, 0.5) is 26.3 Å². The molecular weight excluding hydrogens is 911 g/mol. The summed E-state index contributed by atoms with van der Waals surface area (Å²) in [5, 5.41) is 0. The molecule has 19 heteroatoms. The summed E-state index contributed by atoms with van der Waals surface area (Å²) in [7, 11) is -6.25. The van der Waals surface area contributed by atoms with Gasteiger partial charge in [0.1, 0.15) is 12.2 Å². The number of fused-ring (bicyclic) bond motifs is 1. The molecule has 0 aromatic heterocycles. The molecule has 9 nitrogen and oxygen atoms in total. The van der Waals surface area contributed by atoms with Crippen molar-refractivity contribution in [2.75, 3.05) is 5.75 Å². The summed E-state index contributed by atoms with van der Waals surface area (Å²) in [6, 6.07) is 3.22. The quantitative estimate of drug-likeness (QED) is 0.104. The monoisotopic (exact) mass is 923 g/mol. The molecular formula is C20H12F6I3O9S-. The molecule has 6 atom stereocenters. The van der Waals surface area contributed by atoms with E-state index in [4.69, 9.17) is 9.47 Å². The van der Waals surface area contributed by atoms with Crippen LogP contribution in [0.25, 0.3) is 0 Å². The van der Waals surface area contributed by atoms with E-state index in [1.165, 1.54) is 6.07 Å². The number of hydrogen-bond donors (Lipinski definition) is 0. The first-order valence-electron chi connectivity index (χ1n) is 10.5. The average molecular weight is 923 g/mol. The van der Waals surface area contributed by atoms with Gasteiger partial charge in [0.2, 0.25) is 0 Å². The standard InChI is InChI=1S/C20H13F6I3O9S/c21-19(22,23)18(20(24,25)26,4-39(33,34)35)38-17(32)11-7-3-6-10(11)16(31)37-14(6)13(7)36-15(30)8-1-5(27)2-9(28)12(8)29/h1-2,6-7,10-11,13-14H,3-4H2,(H,33,34,35)/p-1. The van der Waals surface area contributed by atoms with Gasteiger partial charge in [-0.1, -0.05) is 0 Å². The number of ether oxygens (including phenoxy) is 3. The minimum Gasteiger partial charge on any atom is -0.748 e. The van der Waals surface area contributed by atoms with Crippen LogP contribution in [0.3, 0.4) is 0 Å². The average Bonchev–Trinajstić information content (AvgIpc) is 3.36. The Kier molecular flexibility index (Phi) is 8.20. The SMILES string of the molecule is O=C(OC1C2CC3C1OC(=O)C3C2C(=O)OC(CS(=O)(=O)[O-])(C(F)(F)F)C(F)(F)F)c1cc(I)cc(I)c1I. The zero-order valence-electron chi connectivity index (χ0n) is 18.5. The molecule has 1 aromatic carbocycles. The third-order valence-electron chi connectivity index (χ3n) is 6.84. The van der Waals surface area contributed by atoms with Gasteiger partial charge in [0, 0.05) is 22.5 Å². The number of hydrogen-bond acceptors (Lipinski definition) is 9. The van der Waals surface area contributed by atoms with E-state index in [2.05, 4.69) is 4.74 Å². The highest BCUT2D eigenvalue weighted by Crippen LogP contribution is 2.60. The van der Waals surface area contributed by atoms with Gasteiger partial charge in [-0.05, 0) is 86.3 Å². The van der Waals surface area contributed by atoms with E-state index in [0.717, 1.165) is 0 Å². The molecule has 2 bridgehead atoms. The summed E-state index contributed by atoms with van der Waals surface area (Å²) in [5.74, 6) is -13.1. The Balaban J connectivity index is 1.68. The summed E-state index contributed by atoms with van der Waals surface area (Å²) in [4.78, 5) is 38.4. The maximum Gasteiger partial charge on any atom is 0.438 e. The summed E-state index contributed by atoms with van der Waals surface area (Å²) in [5.41, 5.74) is -5.61. The summed E-state index contributed by atoms with van der Waals surface area (Å²) in [6.07, 6.45) is -15.8. The fourth-order valence-corrected chi connectivity index (χ4v) is 8.58. The fourth-order valence-electron chi connectivity index (χ4n) is 5.32. The number of halogens is 9. The number of carbonyl (C=O) groups excluding carboxylic acids is 3. The number of carbonyl (C=O) groups is 3. The van der Waals surface area contributed by atoms with E-state index in [-0.39, 0.29) is 12.0 Å². The molecule has 0 N–H and O–H groups in total. The van der Waals surface area contributed by atoms with Crippen LogP contribution in [-0.4, -0.2) is 66.8 Å². The topological polar surface area (TPSA) is 136 Å². The van der Waals surface area contributed by atoms with Crippen LogP contribution in [0, 0.1) is 34.4 Å². The molecule has 0 radical (unpaired) electrons. The zero-order valence-corrected chi connectivity index (χ0v) is 25.8. The molecule has 6 unspecified atom stereocenters. The van der Waals surface area contributed by atoms with E-state index in [1.54, 1.807) is 6.07 Å². The predicted octanol–water partition coefficient (Wildman–Crippen LogP) is 3.79. The van der Waals surface area contributed by atoms with Crippen LogP contribution in [0.1, 0.15) is 16.8 Å². The molecule has 216 valence electrons. The first-order chi connectivity index (χ1) is 17.7. The largest absolute Gasteiger partial charge is 0.748 e. The normalized spacial score (nSPS) is 28.4. The van der Waals surface area contributed by atoms with Crippen LogP contribution in [0.2, 0.25) is 0 Å². The zero-order chi connectivity index (χ0) is 29.5. The molecule has 3 aliphatic rings. The van der Waals surface area contributed by atoms with Crippen molar-refractivity contribution in [1.29, 1.82) is 0 Å². The van der Waals surface area contributed by atoms with Gasteiger partial charge in [0.05, 0.1) is 33.3 Å². The minimum atomic E-state index is -6.57. The van der Waals surface area contributed by atoms with Gasteiger partial charge in [-0.25, -0.2) is 13.2 Å². The lowest BCUT2D eigenvalue weighted by molar-refractivity contribution is -0.362. The first kappa shape index (κ1) is 31.3. The second-order valence-electron chi connectivity index (χ2n) is 9.08. The molecule has 1 saturated heterocycles. The van der Waals surface area contributed by atoms with Gasteiger partial charge < -0.3 is 18.8 Å². The lowest BCUT2D eigenvalue weighted by Gasteiger charge is -2.39. The van der Waals surface area contributed by atoms with Gasteiger partial charge in [0.25, 0.3) is 0 Å². The van der Waals surface area contributed by atoms with Crippen molar-refractivity contribution < 1.29 is 67.9 Å². The van der Waals surface area contributed by atoms with Gasteiger partial charge in [-0.2, -0.15) is 26.3 Å². The van der Waals surface area contributed by atoms with Crippen molar-refractivity contribution in [3.63, 3.8) is 0 Å². The third-order valence-corrected chi connectivity index (χ3v) is 11.3. The second kappa shape index (κ2) is 10.2. The van der Waals surface area contributed by atoms with E-state index >= 15 is 0 Å². The van der Waals surface area contributed by atoms with Gasteiger partial charge in [0.15, 0.2) is 0 Å². The number of benzene rings is 1.